The molecule has 1 saturated carbocycles. The van der Waals surface area contributed by atoms with Crippen LogP contribution in [0.2, 0.25) is 5.04 Å². The highest BCUT2D eigenvalue weighted by Gasteiger charge is 2.69. The maximum atomic E-state index is 12.7. The van der Waals surface area contributed by atoms with Gasteiger partial charge in [0.05, 0.1) is 6.61 Å². The molecular weight excluding hydrogens is 420 g/mol. The average molecular weight is 455 g/mol. The molecule has 0 radical (unpaired) electrons. The van der Waals surface area contributed by atoms with Gasteiger partial charge in [0.15, 0.2) is 11.6 Å². The van der Waals surface area contributed by atoms with E-state index in [1.807, 2.05) is 50.2 Å². The highest BCUT2D eigenvalue weighted by atomic mass is 28.4. The van der Waals surface area contributed by atoms with Crippen LogP contribution in [0.15, 0.2) is 60.7 Å². The number of benzene rings is 2. The number of aliphatic hydroxyl groups is 1. The van der Waals surface area contributed by atoms with Crippen LogP contribution < -0.4 is 10.4 Å². The van der Waals surface area contributed by atoms with E-state index in [2.05, 4.69) is 45.0 Å². The highest BCUT2D eigenvalue weighted by Crippen LogP contribution is 2.50. The molecule has 1 saturated heterocycles. The Morgan fingerprint density at radius 3 is 1.97 bits per heavy atom. The molecule has 1 heterocycles. The molecule has 4 rings (SSSR count). The van der Waals surface area contributed by atoms with Crippen molar-refractivity contribution in [1.29, 1.82) is 0 Å². The van der Waals surface area contributed by atoms with Crippen molar-refractivity contribution in [2.45, 2.75) is 76.1 Å². The quantitative estimate of drug-likeness (QED) is 0.703. The van der Waals surface area contributed by atoms with Crippen molar-refractivity contribution in [2.24, 2.45) is 0 Å². The lowest BCUT2D eigenvalue weighted by atomic mass is 9.95. The normalized spacial score (nSPS) is 29.8. The lowest BCUT2D eigenvalue weighted by Crippen LogP contribution is -2.68. The summed E-state index contributed by atoms with van der Waals surface area (Å²) < 4.78 is 19.5. The van der Waals surface area contributed by atoms with Gasteiger partial charge in [0.2, 0.25) is 0 Å². The molecular formula is C26H34O5Si. The minimum absolute atomic E-state index is 0.0618. The Morgan fingerprint density at radius 2 is 1.50 bits per heavy atom. The van der Waals surface area contributed by atoms with Gasteiger partial charge >= 0.3 is 0 Å². The van der Waals surface area contributed by atoms with Crippen LogP contribution in [0.5, 0.6) is 0 Å². The Balaban J connectivity index is 1.82. The lowest BCUT2D eigenvalue weighted by molar-refractivity contribution is -0.187. The maximum absolute atomic E-state index is 12.7. The lowest BCUT2D eigenvalue weighted by Gasteiger charge is -2.45. The van der Waals surface area contributed by atoms with Gasteiger partial charge in [-0.25, -0.2) is 0 Å². The molecule has 5 nitrogen and oxygen atoms in total. The van der Waals surface area contributed by atoms with Crippen molar-refractivity contribution in [1.82, 2.24) is 0 Å². The molecule has 0 spiro atoms. The van der Waals surface area contributed by atoms with Crippen molar-refractivity contribution in [3.63, 3.8) is 0 Å². The summed E-state index contributed by atoms with van der Waals surface area (Å²) in [5.74, 6) is -1.19. The second-order valence-electron chi connectivity index (χ2n) is 10.8. The maximum Gasteiger partial charge on any atom is 0.261 e. The minimum Gasteiger partial charge on any atom is -0.404 e. The van der Waals surface area contributed by atoms with Crippen molar-refractivity contribution in [3.8, 4) is 0 Å². The number of carbonyl (C=O) groups is 1. The molecule has 172 valence electrons. The molecule has 2 aromatic carbocycles. The molecule has 2 fully saturated rings. The average Bonchev–Trinajstić information content (AvgIpc) is 3.08. The summed E-state index contributed by atoms with van der Waals surface area (Å²) in [7, 11) is -2.83. The summed E-state index contributed by atoms with van der Waals surface area (Å²) >= 11 is 0. The van der Waals surface area contributed by atoms with Gasteiger partial charge in [-0.05, 0) is 36.2 Å². The van der Waals surface area contributed by atoms with Crippen LogP contribution in [-0.2, 0) is 18.7 Å². The van der Waals surface area contributed by atoms with Gasteiger partial charge in [-0.15, -0.1) is 0 Å². The minimum atomic E-state index is -2.83. The van der Waals surface area contributed by atoms with Gasteiger partial charge in [-0.1, -0.05) is 81.4 Å². The van der Waals surface area contributed by atoms with Crippen LogP contribution in [0.3, 0.4) is 0 Å². The van der Waals surface area contributed by atoms with Crippen LogP contribution >= 0.6 is 0 Å². The van der Waals surface area contributed by atoms with Crippen LogP contribution in [0.25, 0.3) is 0 Å². The molecule has 0 bridgehead atoms. The molecule has 1 N–H and O–H groups in total. The van der Waals surface area contributed by atoms with Crippen molar-refractivity contribution in [2.75, 3.05) is 6.61 Å². The fourth-order valence-corrected chi connectivity index (χ4v) is 10.1. The van der Waals surface area contributed by atoms with E-state index in [0.717, 1.165) is 10.4 Å². The van der Waals surface area contributed by atoms with E-state index in [0.29, 0.717) is 0 Å². The molecule has 0 amide bonds. The number of hydrogen-bond donors (Lipinski definition) is 1. The first kappa shape index (κ1) is 23.3. The van der Waals surface area contributed by atoms with E-state index in [1.165, 1.54) is 6.92 Å². The number of rotatable bonds is 5. The van der Waals surface area contributed by atoms with Crippen molar-refractivity contribution < 1.29 is 23.8 Å². The Hall–Kier alpha value is -1.83. The Kier molecular flexibility index (Phi) is 5.54. The van der Waals surface area contributed by atoms with Gasteiger partial charge in [0.1, 0.15) is 17.3 Å². The van der Waals surface area contributed by atoms with E-state index in [1.54, 1.807) is 0 Å². The monoisotopic (exact) mass is 454 g/mol. The molecule has 2 aromatic rings. The predicted octanol–water partition coefficient (Wildman–Crippen LogP) is 3.18. The van der Waals surface area contributed by atoms with Crippen LogP contribution in [0.4, 0.5) is 0 Å². The molecule has 0 aromatic heterocycles. The number of fused-ring (bicyclic) bond motifs is 1. The SMILES string of the molecule is CC1(C)O[C@@H]2[C@@](CO[Si](c3ccccc3)(c3ccccc3)C(C)(C)C)(CC(=O)[C@]2(C)O)O1. The Bertz CT molecular complexity index is 941. The zero-order valence-corrected chi connectivity index (χ0v) is 20.8. The van der Waals surface area contributed by atoms with Crippen LogP contribution in [-0.4, -0.2) is 48.9 Å². The molecule has 0 unspecified atom stereocenters. The van der Waals surface area contributed by atoms with E-state index in [4.69, 9.17) is 13.9 Å². The van der Waals surface area contributed by atoms with Gasteiger partial charge in [-0.2, -0.15) is 0 Å². The topological polar surface area (TPSA) is 65.0 Å². The van der Waals surface area contributed by atoms with Crippen molar-refractivity contribution >= 4 is 24.5 Å². The summed E-state index contributed by atoms with van der Waals surface area (Å²) in [5.41, 5.74) is -2.64. The molecule has 6 heteroatoms. The fraction of sp³-hybridized carbons (Fsp3) is 0.500. The van der Waals surface area contributed by atoms with Crippen LogP contribution in [0.1, 0.15) is 48.0 Å². The summed E-state index contributed by atoms with van der Waals surface area (Å²) in [6, 6.07) is 20.7. The second kappa shape index (κ2) is 7.60. The van der Waals surface area contributed by atoms with E-state index < -0.39 is 31.4 Å². The predicted molar refractivity (Wildman–Crippen MR) is 127 cm³/mol. The van der Waals surface area contributed by atoms with E-state index in [-0.39, 0.29) is 23.8 Å². The number of ketones is 1. The van der Waals surface area contributed by atoms with E-state index in [9.17, 15) is 9.90 Å². The zero-order chi connectivity index (χ0) is 23.4. The molecule has 1 aliphatic heterocycles. The standard InChI is InChI=1S/C26H34O5Si/c1-23(2,3)32(19-13-9-7-10-14-19,20-15-11-8-12-16-20)29-18-26-17-21(27)25(6,28)22(26)30-24(4,5)31-26/h7-16,22,28H,17-18H2,1-6H3/t22-,25-,26-/m0/s1. The Labute approximate surface area is 191 Å². The molecule has 2 aliphatic rings. The third-order valence-electron chi connectivity index (χ3n) is 6.81. The first-order chi connectivity index (χ1) is 14.8. The summed E-state index contributed by atoms with van der Waals surface area (Å²) in [6.07, 6.45) is -0.720. The first-order valence-corrected chi connectivity index (χ1v) is 13.1. The van der Waals surface area contributed by atoms with Gasteiger partial charge in [-0.3, -0.25) is 4.79 Å². The molecule has 1 aliphatic carbocycles. The summed E-state index contributed by atoms with van der Waals surface area (Å²) in [5, 5.41) is 13.1. The number of ether oxygens (including phenoxy) is 2. The van der Waals surface area contributed by atoms with E-state index >= 15 is 0 Å². The smallest absolute Gasteiger partial charge is 0.261 e. The number of carbonyl (C=O) groups excluding carboxylic acids is 1. The third kappa shape index (κ3) is 3.58. The Morgan fingerprint density at radius 1 is 1.00 bits per heavy atom. The zero-order valence-electron chi connectivity index (χ0n) is 19.8. The fourth-order valence-electron chi connectivity index (χ4n) is 5.46. The summed E-state index contributed by atoms with van der Waals surface area (Å²) in [6.45, 7) is 11.9. The highest BCUT2D eigenvalue weighted by molar-refractivity contribution is 6.99. The first-order valence-electron chi connectivity index (χ1n) is 11.2. The molecule has 3 atom stereocenters. The third-order valence-corrected chi connectivity index (χ3v) is 11.8. The van der Waals surface area contributed by atoms with Crippen molar-refractivity contribution in [3.05, 3.63) is 60.7 Å². The number of Topliss-reactive ketones (excluding diaryl/α,β-unsaturated/α-hetero) is 1. The molecule has 32 heavy (non-hydrogen) atoms. The summed E-state index contributed by atoms with van der Waals surface area (Å²) in [4.78, 5) is 12.7. The second-order valence-corrected chi connectivity index (χ2v) is 15.1. The van der Waals surface area contributed by atoms with Gasteiger partial charge in [0.25, 0.3) is 8.32 Å². The largest absolute Gasteiger partial charge is 0.404 e. The van der Waals surface area contributed by atoms with Gasteiger partial charge in [0, 0.05) is 6.42 Å². The number of hydrogen-bond acceptors (Lipinski definition) is 5. The van der Waals surface area contributed by atoms with Crippen LogP contribution in [0, 0.1) is 0 Å². The van der Waals surface area contributed by atoms with Gasteiger partial charge < -0.3 is 19.0 Å².